The van der Waals surface area contributed by atoms with Gasteiger partial charge in [-0.15, -0.1) is 0 Å². The number of hydrogen-bond acceptors (Lipinski definition) is 5. The van der Waals surface area contributed by atoms with Gasteiger partial charge in [-0.25, -0.2) is 13.1 Å². The lowest BCUT2D eigenvalue weighted by molar-refractivity contribution is -0.136. The summed E-state index contributed by atoms with van der Waals surface area (Å²) >= 11 is 12.5. The average Bonchev–Trinajstić information content (AvgIpc) is 3.15. The van der Waals surface area contributed by atoms with Crippen LogP contribution in [0, 0.1) is 0 Å². The smallest absolute Gasteiger partial charge is 0.389 e. The fourth-order valence-corrected chi connectivity index (χ4v) is 7.12. The van der Waals surface area contributed by atoms with Crippen LogP contribution in [0.4, 0.5) is 13.2 Å². The first-order valence-electron chi connectivity index (χ1n) is 12.7. The van der Waals surface area contributed by atoms with Crippen LogP contribution >= 0.6 is 23.2 Å². The van der Waals surface area contributed by atoms with Crippen molar-refractivity contribution in [2.45, 2.75) is 80.6 Å². The number of sulfonamides is 1. The van der Waals surface area contributed by atoms with E-state index >= 15 is 0 Å². The number of fused-ring (bicyclic) bond motifs is 1. The lowest BCUT2D eigenvalue weighted by Crippen LogP contribution is -2.37. The summed E-state index contributed by atoms with van der Waals surface area (Å²) in [6.07, 6.45) is -1.90. The zero-order chi connectivity index (χ0) is 28.4. The maximum absolute atomic E-state index is 13.2. The molecular formula is C26H29Cl2F3N2O5S. The number of carbonyl (C=O) groups excluding carboxylic acids is 1. The average molecular weight is 609 g/mol. The summed E-state index contributed by atoms with van der Waals surface area (Å²) in [5.41, 5.74) is 1.14. The van der Waals surface area contributed by atoms with E-state index in [-0.39, 0.29) is 46.0 Å². The van der Waals surface area contributed by atoms with Crippen molar-refractivity contribution >= 4 is 39.1 Å². The molecule has 2 aliphatic rings. The summed E-state index contributed by atoms with van der Waals surface area (Å²) in [5, 5.41) is 13.1. The molecule has 2 aromatic carbocycles. The minimum absolute atomic E-state index is 0.0661. The Balaban J connectivity index is 1.50. The number of hydrogen-bond donors (Lipinski definition) is 3. The summed E-state index contributed by atoms with van der Waals surface area (Å²) in [5.74, 6) is -0.421. The molecule has 0 aliphatic heterocycles. The fraction of sp³-hybridized carbons (Fsp3) is 0.500. The van der Waals surface area contributed by atoms with Crippen LogP contribution in [0.5, 0.6) is 5.75 Å². The molecule has 1 fully saturated rings. The van der Waals surface area contributed by atoms with Crippen molar-refractivity contribution in [2.24, 2.45) is 0 Å². The third kappa shape index (κ3) is 7.58. The van der Waals surface area contributed by atoms with E-state index in [2.05, 4.69) is 10.0 Å². The van der Waals surface area contributed by atoms with Crippen molar-refractivity contribution in [3.63, 3.8) is 0 Å². The molecule has 0 radical (unpaired) electrons. The minimum atomic E-state index is -4.27. The molecule has 0 aromatic heterocycles. The van der Waals surface area contributed by atoms with Crippen LogP contribution in [0.25, 0.3) is 0 Å². The highest BCUT2D eigenvalue weighted by atomic mass is 35.5. The highest BCUT2D eigenvalue weighted by molar-refractivity contribution is 7.89. The number of carbonyl (C=O) groups is 1. The quantitative estimate of drug-likeness (QED) is 0.316. The normalized spacial score (nSPS) is 20.1. The van der Waals surface area contributed by atoms with E-state index in [9.17, 15) is 31.5 Å². The summed E-state index contributed by atoms with van der Waals surface area (Å²) in [4.78, 5) is 13.0. The minimum Gasteiger partial charge on any atom is -0.494 e. The monoisotopic (exact) mass is 608 g/mol. The van der Waals surface area contributed by atoms with Gasteiger partial charge in [-0.1, -0.05) is 48.5 Å². The van der Waals surface area contributed by atoms with Gasteiger partial charge in [0.05, 0.1) is 34.4 Å². The summed E-state index contributed by atoms with van der Waals surface area (Å²) in [6.45, 7) is -0.148. The Bertz CT molecular complexity index is 1320. The first-order chi connectivity index (χ1) is 18.3. The van der Waals surface area contributed by atoms with E-state index in [0.717, 1.165) is 30.9 Å². The number of ether oxygens (including phenoxy) is 1. The van der Waals surface area contributed by atoms with Gasteiger partial charge >= 0.3 is 6.18 Å². The molecule has 214 valence electrons. The molecule has 39 heavy (non-hydrogen) atoms. The van der Waals surface area contributed by atoms with Crippen molar-refractivity contribution in [3.8, 4) is 5.75 Å². The van der Waals surface area contributed by atoms with Gasteiger partial charge in [-0.05, 0) is 54.7 Å². The number of amides is 1. The van der Waals surface area contributed by atoms with Crippen LogP contribution in [0.2, 0.25) is 10.0 Å². The zero-order valence-corrected chi connectivity index (χ0v) is 23.2. The molecule has 0 saturated heterocycles. The summed E-state index contributed by atoms with van der Waals surface area (Å²) < 4.78 is 71.4. The van der Waals surface area contributed by atoms with Crippen molar-refractivity contribution in [1.82, 2.24) is 10.0 Å². The topological polar surface area (TPSA) is 105 Å². The first-order valence-corrected chi connectivity index (χ1v) is 14.9. The Morgan fingerprint density at radius 2 is 1.79 bits per heavy atom. The molecule has 0 unspecified atom stereocenters. The predicted molar refractivity (Wildman–Crippen MR) is 141 cm³/mol. The lowest BCUT2D eigenvalue weighted by Gasteiger charge is -2.23. The van der Waals surface area contributed by atoms with Crippen LogP contribution in [0.15, 0.2) is 35.2 Å². The Morgan fingerprint density at radius 1 is 1.08 bits per heavy atom. The van der Waals surface area contributed by atoms with Crippen molar-refractivity contribution in [2.75, 3.05) is 6.61 Å². The van der Waals surface area contributed by atoms with Crippen LogP contribution in [0.1, 0.15) is 72.5 Å². The van der Waals surface area contributed by atoms with Crippen LogP contribution < -0.4 is 14.8 Å². The van der Waals surface area contributed by atoms with E-state index in [1.54, 1.807) is 18.2 Å². The molecule has 2 aliphatic carbocycles. The molecule has 1 saturated carbocycles. The largest absolute Gasteiger partial charge is 0.494 e. The third-order valence-electron chi connectivity index (χ3n) is 6.91. The fourth-order valence-electron chi connectivity index (χ4n) is 4.96. The van der Waals surface area contributed by atoms with Crippen LogP contribution in [-0.4, -0.2) is 44.4 Å². The second kappa shape index (κ2) is 12.2. The number of rotatable bonds is 9. The third-order valence-corrected chi connectivity index (χ3v) is 9.21. The Morgan fingerprint density at radius 3 is 2.49 bits per heavy atom. The molecule has 0 heterocycles. The molecule has 3 N–H and O–H groups in total. The second-order valence-corrected chi connectivity index (χ2v) is 12.4. The molecule has 2 aromatic rings. The van der Waals surface area contributed by atoms with E-state index in [4.69, 9.17) is 27.9 Å². The van der Waals surface area contributed by atoms with E-state index in [0.29, 0.717) is 24.2 Å². The number of aliphatic hydroxyl groups is 1. The van der Waals surface area contributed by atoms with Gasteiger partial charge in [0.25, 0.3) is 5.91 Å². The maximum Gasteiger partial charge on any atom is 0.389 e. The van der Waals surface area contributed by atoms with E-state index in [1.807, 2.05) is 0 Å². The van der Waals surface area contributed by atoms with E-state index < -0.39 is 40.7 Å². The number of benzene rings is 2. The van der Waals surface area contributed by atoms with Gasteiger partial charge < -0.3 is 15.2 Å². The van der Waals surface area contributed by atoms with Gasteiger partial charge in [-0.2, -0.15) is 13.2 Å². The van der Waals surface area contributed by atoms with Gasteiger partial charge in [0.15, 0.2) is 0 Å². The van der Waals surface area contributed by atoms with Crippen molar-refractivity contribution in [1.29, 1.82) is 0 Å². The maximum atomic E-state index is 13.2. The van der Waals surface area contributed by atoms with E-state index in [1.165, 1.54) is 6.07 Å². The number of nitrogens with one attached hydrogen (secondary N) is 2. The van der Waals surface area contributed by atoms with Crippen molar-refractivity contribution < 1.29 is 36.2 Å². The molecule has 7 nitrogen and oxygen atoms in total. The molecule has 1 amide bonds. The number of halogens is 5. The van der Waals surface area contributed by atoms with Gasteiger partial charge in [-0.3, -0.25) is 4.79 Å². The van der Waals surface area contributed by atoms with Crippen molar-refractivity contribution in [3.05, 3.63) is 57.1 Å². The number of alkyl halides is 3. The molecule has 4 rings (SSSR count). The standard InChI is InChI=1S/C26H29Cl2F3N2O5S/c27-20-14-21(28)23(39(36,37)33-16-5-2-1-3-6-16)13-19(20)25(35)32-24-18-12-17(8-7-15(18)11-22(24)34)38-10-4-9-26(29,30)31/h7-8,12-14,16,22,24,33-34H,1-6,9-11H2,(H,32,35)/t22-,24-/m1/s1. The Kier molecular flexibility index (Phi) is 9.37. The molecule has 0 spiro atoms. The highest BCUT2D eigenvalue weighted by Gasteiger charge is 2.34. The second-order valence-electron chi connectivity index (χ2n) is 9.87. The molecule has 0 bridgehead atoms. The van der Waals surface area contributed by atoms with Crippen LogP contribution in [-0.2, 0) is 16.4 Å². The SMILES string of the molecule is O=C(N[C@@H]1c2cc(OCCCC(F)(F)F)ccc2C[C@H]1O)c1cc(S(=O)(=O)NC2CCCCC2)c(Cl)cc1Cl. The van der Waals surface area contributed by atoms with Gasteiger partial charge in [0.1, 0.15) is 10.6 Å². The molecular weight excluding hydrogens is 580 g/mol. The number of aliphatic hydroxyl groups excluding tert-OH is 1. The highest BCUT2D eigenvalue weighted by Crippen LogP contribution is 2.36. The summed E-state index contributed by atoms with van der Waals surface area (Å²) in [7, 11) is -4.03. The Hall–Kier alpha value is -2.05. The summed E-state index contributed by atoms with van der Waals surface area (Å²) in [6, 6.07) is 6.06. The van der Waals surface area contributed by atoms with Crippen LogP contribution in [0.3, 0.4) is 0 Å². The first kappa shape index (κ1) is 29.9. The Labute approximate surface area is 235 Å². The van der Waals surface area contributed by atoms with Gasteiger partial charge in [0, 0.05) is 18.9 Å². The zero-order valence-electron chi connectivity index (χ0n) is 20.9. The van der Waals surface area contributed by atoms with Gasteiger partial charge in [0.2, 0.25) is 10.0 Å². The molecule has 13 heteroatoms. The lowest BCUT2D eigenvalue weighted by atomic mass is 9.96. The predicted octanol–water partition coefficient (Wildman–Crippen LogP) is 5.71. The molecule has 2 atom stereocenters.